The summed E-state index contributed by atoms with van der Waals surface area (Å²) in [5, 5.41) is 2.44. The van der Waals surface area contributed by atoms with E-state index in [2.05, 4.69) is 5.32 Å². The average Bonchev–Trinajstić information content (AvgIpc) is 2.26. The average molecular weight is 193 g/mol. The Balaban J connectivity index is 2.58. The number of carbonyl (C=O) groups excluding carboxylic acids is 2. The van der Waals surface area contributed by atoms with Crippen LogP contribution in [0.4, 0.5) is 0 Å². The molecule has 0 saturated heterocycles. The summed E-state index contributed by atoms with van der Waals surface area (Å²) in [7, 11) is 1.57. The van der Waals surface area contributed by atoms with E-state index >= 15 is 0 Å². The van der Waals surface area contributed by atoms with Crippen molar-refractivity contribution in [3.8, 4) is 5.75 Å². The van der Waals surface area contributed by atoms with Crippen LogP contribution in [0.3, 0.4) is 0 Å². The van der Waals surface area contributed by atoms with E-state index in [0.29, 0.717) is 6.54 Å². The number of methoxy groups -OCH3 is 1. The molecule has 0 aliphatic heterocycles. The Morgan fingerprint density at radius 2 is 2.36 bits per heavy atom. The third kappa shape index (κ3) is 2.90. The van der Waals surface area contributed by atoms with Crippen molar-refractivity contribution in [2.24, 2.45) is 0 Å². The van der Waals surface area contributed by atoms with Crippen molar-refractivity contribution in [1.82, 2.24) is 5.32 Å². The number of benzene rings is 1. The first kappa shape index (κ1) is 10.2. The Labute approximate surface area is 81.9 Å². The molecule has 0 atom stereocenters. The maximum Gasteiger partial charge on any atom is 0.284 e. The first-order valence-corrected chi connectivity index (χ1v) is 4.12. The molecular formula is C10H11NO3. The van der Waals surface area contributed by atoms with E-state index < -0.39 is 5.91 Å². The summed E-state index contributed by atoms with van der Waals surface area (Å²) < 4.78 is 5.01. The molecule has 74 valence electrons. The number of nitrogens with one attached hydrogen (secondary N) is 1. The molecule has 0 radical (unpaired) electrons. The van der Waals surface area contributed by atoms with E-state index in [9.17, 15) is 9.59 Å². The van der Waals surface area contributed by atoms with Gasteiger partial charge in [0.05, 0.1) is 7.11 Å². The number of hydrogen-bond acceptors (Lipinski definition) is 3. The molecular weight excluding hydrogens is 182 g/mol. The molecule has 0 aromatic heterocycles. The number of carbonyl (C=O) groups is 2. The van der Waals surface area contributed by atoms with Crippen molar-refractivity contribution < 1.29 is 14.3 Å². The predicted octanol–water partition coefficient (Wildman–Crippen LogP) is 0.510. The maximum absolute atomic E-state index is 10.6. The van der Waals surface area contributed by atoms with Crippen LogP contribution < -0.4 is 10.1 Å². The van der Waals surface area contributed by atoms with Crippen LogP contribution in [0.1, 0.15) is 5.56 Å². The minimum absolute atomic E-state index is 0.250. The second kappa shape index (κ2) is 5.01. The van der Waals surface area contributed by atoms with Crippen molar-refractivity contribution >= 4 is 12.2 Å². The van der Waals surface area contributed by atoms with Gasteiger partial charge < -0.3 is 10.1 Å². The van der Waals surface area contributed by atoms with Gasteiger partial charge in [-0.2, -0.15) is 0 Å². The number of aldehydes is 1. The molecule has 0 aliphatic carbocycles. The lowest BCUT2D eigenvalue weighted by Gasteiger charge is -2.04. The van der Waals surface area contributed by atoms with E-state index in [1.807, 2.05) is 18.2 Å². The second-order valence-corrected chi connectivity index (χ2v) is 2.69. The lowest BCUT2D eigenvalue weighted by atomic mass is 10.2. The molecule has 0 fully saturated rings. The van der Waals surface area contributed by atoms with Crippen LogP contribution in [0.5, 0.6) is 5.75 Å². The Morgan fingerprint density at radius 1 is 1.57 bits per heavy atom. The number of ether oxygens (including phenoxy) is 1. The Bertz CT molecular complexity index is 336. The van der Waals surface area contributed by atoms with Crippen molar-refractivity contribution in [3.05, 3.63) is 29.8 Å². The van der Waals surface area contributed by atoms with Gasteiger partial charge in [0.25, 0.3) is 5.91 Å². The highest BCUT2D eigenvalue weighted by Crippen LogP contribution is 2.11. The van der Waals surface area contributed by atoms with Gasteiger partial charge in [-0.25, -0.2) is 0 Å². The highest BCUT2D eigenvalue weighted by Gasteiger charge is 1.98. The largest absolute Gasteiger partial charge is 0.497 e. The Hall–Kier alpha value is -1.84. The number of rotatable bonds is 4. The number of hydrogen-bond donors (Lipinski definition) is 1. The van der Waals surface area contributed by atoms with Crippen LogP contribution in [-0.4, -0.2) is 19.3 Å². The van der Waals surface area contributed by atoms with Gasteiger partial charge in [-0.05, 0) is 17.7 Å². The zero-order valence-corrected chi connectivity index (χ0v) is 7.82. The molecule has 0 spiro atoms. The summed E-state index contributed by atoms with van der Waals surface area (Å²) in [5.41, 5.74) is 0.888. The molecule has 0 unspecified atom stereocenters. The fourth-order valence-electron chi connectivity index (χ4n) is 1.01. The molecule has 0 bridgehead atoms. The molecule has 4 nitrogen and oxygen atoms in total. The van der Waals surface area contributed by atoms with Gasteiger partial charge >= 0.3 is 0 Å². The van der Waals surface area contributed by atoms with Crippen molar-refractivity contribution in [1.29, 1.82) is 0 Å². The quantitative estimate of drug-likeness (QED) is 0.560. The maximum atomic E-state index is 10.6. The summed E-state index contributed by atoms with van der Waals surface area (Å²) in [6.07, 6.45) is 0.250. The van der Waals surface area contributed by atoms with Gasteiger partial charge in [-0.3, -0.25) is 9.59 Å². The second-order valence-electron chi connectivity index (χ2n) is 2.69. The fraction of sp³-hybridized carbons (Fsp3) is 0.200. The topological polar surface area (TPSA) is 55.4 Å². The molecule has 0 aliphatic rings. The first-order chi connectivity index (χ1) is 6.76. The lowest BCUT2D eigenvalue weighted by molar-refractivity contribution is -0.131. The predicted molar refractivity (Wildman–Crippen MR) is 50.9 cm³/mol. The summed E-state index contributed by atoms with van der Waals surface area (Å²) in [6.45, 7) is 0.328. The zero-order chi connectivity index (χ0) is 10.4. The Kier molecular flexibility index (Phi) is 3.67. The van der Waals surface area contributed by atoms with Crippen molar-refractivity contribution in [3.63, 3.8) is 0 Å². The van der Waals surface area contributed by atoms with Crippen molar-refractivity contribution in [2.45, 2.75) is 6.54 Å². The van der Waals surface area contributed by atoms with Gasteiger partial charge in [0.2, 0.25) is 6.29 Å². The summed E-state index contributed by atoms with van der Waals surface area (Å²) in [4.78, 5) is 20.6. The van der Waals surface area contributed by atoms with E-state index in [1.54, 1.807) is 13.2 Å². The first-order valence-electron chi connectivity index (χ1n) is 4.12. The van der Waals surface area contributed by atoms with Crippen LogP contribution in [0.2, 0.25) is 0 Å². The highest BCUT2D eigenvalue weighted by atomic mass is 16.5. The van der Waals surface area contributed by atoms with E-state index in [-0.39, 0.29) is 6.29 Å². The molecule has 0 saturated carbocycles. The summed E-state index contributed by atoms with van der Waals surface area (Å²) in [5.74, 6) is 0.107. The van der Waals surface area contributed by atoms with Crippen LogP contribution in [0.15, 0.2) is 24.3 Å². The normalized spacial score (nSPS) is 9.21. The van der Waals surface area contributed by atoms with Gasteiger partial charge in [0.1, 0.15) is 5.75 Å². The Morgan fingerprint density at radius 3 is 3.00 bits per heavy atom. The van der Waals surface area contributed by atoms with Gasteiger partial charge in [-0.15, -0.1) is 0 Å². The van der Waals surface area contributed by atoms with Gasteiger partial charge in [-0.1, -0.05) is 12.1 Å². The standard InChI is InChI=1S/C10H11NO3/c1-14-9-4-2-3-8(5-9)6-11-10(13)7-12/h2-5,7H,6H2,1H3,(H,11,13). The minimum Gasteiger partial charge on any atom is -0.497 e. The molecule has 1 aromatic carbocycles. The van der Waals surface area contributed by atoms with E-state index in [4.69, 9.17) is 4.74 Å². The van der Waals surface area contributed by atoms with Crippen LogP contribution in [0.25, 0.3) is 0 Å². The fourth-order valence-corrected chi connectivity index (χ4v) is 1.01. The van der Waals surface area contributed by atoms with Gasteiger partial charge in [0, 0.05) is 6.54 Å². The van der Waals surface area contributed by atoms with E-state index in [0.717, 1.165) is 11.3 Å². The molecule has 1 rings (SSSR count). The molecule has 4 heteroatoms. The minimum atomic E-state index is -0.618. The molecule has 14 heavy (non-hydrogen) atoms. The summed E-state index contributed by atoms with van der Waals surface area (Å²) in [6, 6.07) is 7.27. The van der Waals surface area contributed by atoms with E-state index in [1.165, 1.54) is 0 Å². The SMILES string of the molecule is COc1cccc(CNC(=O)C=O)c1. The van der Waals surface area contributed by atoms with Crippen LogP contribution in [0, 0.1) is 0 Å². The van der Waals surface area contributed by atoms with Crippen molar-refractivity contribution in [2.75, 3.05) is 7.11 Å². The lowest BCUT2D eigenvalue weighted by Crippen LogP contribution is -2.23. The number of amides is 1. The summed E-state index contributed by atoms with van der Waals surface area (Å²) >= 11 is 0. The third-order valence-electron chi connectivity index (χ3n) is 1.71. The van der Waals surface area contributed by atoms with Gasteiger partial charge in [0.15, 0.2) is 0 Å². The van der Waals surface area contributed by atoms with Crippen LogP contribution >= 0.6 is 0 Å². The highest BCUT2D eigenvalue weighted by molar-refractivity contribution is 6.23. The molecule has 1 amide bonds. The third-order valence-corrected chi connectivity index (χ3v) is 1.71. The smallest absolute Gasteiger partial charge is 0.284 e. The molecule has 0 heterocycles. The monoisotopic (exact) mass is 193 g/mol. The molecule has 1 aromatic rings. The zero-order valence-electron chi connectivity index (χ0n) is 7.82. The van der Waals surface area contributed by atoms with Crippen LogP contribution in [-0.2, 0) is 16.1 Å². The molecule has 1 N–H and O–H groups in total.